The zero-order chi connectivity index (χ0) is 20.9. The number of rotatable bonds is 8. The van der Waals surface area contributed by atoms with Crippen molar-refractivity contribution in [3.63, 3.8) is 0 Å². The molecule has 0 fully saturated rings. The van der Waals surface area contributed by atoms with E-state index in [9.17, 15) is 9.59 Å². The highest BCUT2D eigenvalue weighted by Crippen LogP contribution is 2.45. The molecule has 2 aromatic rings. The predicted octanol–water partition coefficient (Wildman–Crippen LogP) is 4.23. The molecule has 3 rings (SSSR count). The van der Waals surface area contributed by atoms with E-state index in [1.54, 1.807) is 29.3 Å². The molecule has 154 valence electrons. The Morgan fingerprint density at radius 2 is 1.90 bits per heavy atom. The summed E-state index contributed by atoms with van der Waals surface area (Å²) in [6.45, 7) is 7.03. The van der Waals surface area contributed by atoms with Crippen LogP contribution in [0.4, 0.5) is 4.79 Å². The van der Waals surface area contributed by atoms with E-state index < -0.39 is 11.0 Å². The average molecular weight is 432 g/mol. The van der Waals surface area contributed by atoms with E-state index in [2.05, 4.69) is 23.7 Å². The van der Waals surface area contributed by atoms with Gasteiger partial charge >= 0.3 is 5.30 Å². The van der Waals surface area contributed by atoms with Crippen molar-refractivity contribution in [1.82, 2.24) is 14.8 Å². The Kier molecular flexibility index (Phi) is 7.21. The highest BCUT2D eigenvalue weighted by molar-refractivity contribution is 8.81. The zero-order valence-electron chi connectivity index (χ0n) is 16.8. The van der Waals surface area contributed by atoms with Gasteiger partial charge in [0.25, 0.3) is 11.6 Å². The van der Waals surface area contributed by atoms with Gasteiger partial charge in [0.1, 0.15) is 5.69 Å². The third kappa shape index (κ3) is 4.15. The number of hydrogen-bond donors (Lipinski definition) is 0. The summed E-state index contributed by atoms with van der Waals surface area (Å²) >= 11 is 0. The molecule has 2 heterocycles. The fourth-order valence-corrected chi connectivity index (χ4v) is 4.45. The average Bonchev–Trinajstić information content (AvgIpc) is 2.99. The number of aromatic nitrogens is 1. The zero-order valence-corrected chi connectivity index (χ0v) is 18.5. The summed E-state index contributed by atoms with van der Waals surface area (Å²) in [6.07, 6.45) is 3.46. The van der Waals surface area contributed by atoms with Gasteiger partial charge in [-0.15, -0.1) is 0 Å². The van der Waals surface area contributed by atoms with Crippen molar-refractivity contribution < 1.29 is 14.3 Å². The number of pyridine rings is 1. The third-order valence-corrected chi connectivity index (χ3v) is 6.37. The van der Waals surface area contributed by atoms with Gasteiger partial charge in [-0.1, -0.05) is 48.9 Å². The number of nitrogens with zero attached hydrogens (tertiary/aromatic N) is 3. The Labute approximate surface area is 179 Å². The highest BCUT2D eigenvalue weighted by atomic mass is 33.1. The number of likely N-dealkylation sites (N-methyl/N-ethyl adjacent to an activating group) is 1. The first kappa shape index (κ1) is 21.7. The maximum absolute atomic E-state index is 13.4. The normalized spacial score (nSPS) is 18.2. The smallest absolute Gasteiger partial charge is 0.380 e. The summed E-state index contributed by atoms with van der Waals surface area (Å²) in [4.78, 5) is 34.4. The molecule has 1 aromatic heterocycles. The summed E-state index contributed by atoms with van der Waals surface area (Å²) in [5.74, 6) is -0.152. The molecular weight excluding hydrogens is 406 g/mol. The van der Waals surface area contributed by atoms with Crippen LogP contribution < -0.4 is 0 Å². The quantitative estimate of drug-likeness (QED) is 0.458. The second kappa shape index (κ2) is 9.65. The Morgan fingerprint density at radius 3 is 2.55 bits per heavy atom. The lowest BCUT2D eigenvalue weighted by molar-refractivity contribution is -0.0556. The second-order valence-electron chi connectivity index (χ2n) is 6.49. The van der Waals surface area contributed by atoms with E-state index in [1.165, 1.54) is 10.8 Å². The minimum atomic E-state index is -1.37. The maximum Gasteiger partial charge on any atom is 0.380 e. The lowest BCUT2D eigenvalue weighted by Gasteiger charge is -2.38. The van der Waals surface area contributed by atoms with Crippen molar-refractivity contribution in [2.45, 2.75) is 19.6 Å². The largest absolute Gasteiger partial charge is 0.419 e. The van der Waals surface area contributed by atoms with Crippen molar-refractivity contribution in [3.05, 3.63) is 65.5 Å². The van der Waals surface area contributed by atoms with Gasteiger partial charge in [-0.2, -0.15) is 0 Å². The second-order valence-corrected chi connectivity index (χ2v) is 8.82. The molecule has 1 amide bonds. The fourth-order valence-electron chi connectivity index (χ4n) is 3.65. The van der Waals surface area contributed by atoms with Crippen molar-refractivity contribution in [2.24, 2.45) is 0 Å². The van der Waals surface area contributed by atoms with Crippen molar-refractivity contribution in [2.75, 3.05) is 32.4 Å². The minimum absolute atomic E-state index is 0.152. The summed E-state index contributed by atoms with van der Waals surface area (Å²) in [6, 6.07) is 12.8. The van der Waals surface area contributed by atoms with Crippen LogP contribution in [0.5, 0.6) is 0 Å². The van der Waals surface area contributed by atoms with Crippen LogP contribution in [0.3, 0.4) is 0 Å². The number of hydrogen-bond acceptors (Lipinski definition) is 7. The first-order chi connectivity index (χ1) is 14.1. The van der Waals surface area contributed by atoms with Crippen LogP contribution in [0.15, 0.2) is 48.7 Å². The summed E-state index contributed by atoms with van der Waals surface area (Å²) < 4.78 is 6.06. The first-order valence-corrected chi connectivity index (χ1v) is 12.1. The maximum atomic E-state index is 13.4. The highest BCUT2D eigenvalue weighted by Gasteiger charge is 2.55. The van der Waals surface area contributed by atoms with Crippen LogP contribution in [0.1, 0.15) is 35.5 Å². The molecular formula is C21H25N3O3S2. The van der Waals surface area contributed by atoms with E-state index in [-0.39, 0.29) is 5.91 Å². The van der Waals surface area contributed by atoms with Crippen molar-refractivity contribution in [3.8, 4) is 0 Å². The van der Waals surface area contributed by atoms with Gasteiger partial charge in [0, 0.05) is 41.2 Å². The van der Waals surface area contributed by atoms with E-state index in [0.717, 1.165) is 23.9 Å². The molecule has 0 aliphatic carbocycles. The monoisotopic (exact) mass is 431 g/mol. The molecule has 1 unspecified atom stereocenters. The Morgan fingerprint density at radius 1 is 1.17 bits per heavy atom. The van der Waals surface area contributed by atoms with Crippen LogP contribution in [-0.4, -0.2) is 58.4 Å². The SMILES string of the molecule is CCN(CC)CCN1C(=O)c2ccccc2C1(OC(=O)SSC)c1ccccn1. The molecule has 29 heavy (non-hydrogen) atoms. The number of fused-ring (bicyclic) bond motifs is 1. The van der Waals surface area contributed by atoms with E-state index in [4.69, 9.17) is 4.74 Å². The van der Waals surface area contributed by atoms with Gasteiger partial charge in [0.05, 0.1) is 0 Å². The van der Waals surface area contributed by atoms with Gasteiger partial charge in [-0.25, -0.2) is 4.79 Å². The molecule has 0 saturated heterocycles. The van der Waals surface area contributed by atoms with Crippen LogP contribution in [0.25, 0.3) is 0 Å². The van der Waals surface area contributed by atoms with Crippen LogP contribution in [0, 0.1) is 0 Å². The van der Waals surface area contributed by atoms with E-state index in [0.29, 0.717) is 29.9 Å². The molecule has 8 heteroatoms. The number of carbonyl (C=O) groups excluding carboxylic acids is 2. The Balaban J connectivity index is 2.13. The van der Waals surface area contributed by atoms with E-state index in [1.807, 2.05) is 30.5 Å². The molecule has 0 N–H and O–H groups in total. The van der Waals surface area contributed by atoms with Crippen LogP contribution in [0.2, 0.25) is 0 Å². The molecule has 1 atom stereocenters. The van der Waals surface area contributed by atoms with Gasteiger partial charge in [-0.05, 0) is 37.5 Å². The summed E-state index contributed by atoms with van der Waals surface area (Å²) in [5, 5.41) is -0.458. The topological polar surface area (TPSA) is 62.7 Å². The molecule has 6 nitrogen and oxygen atoms in total. The summed E-state index contributed by atoms with van der Waals surface area (Å²) in [5.41, 5.74) is 0.341. The molecule has 1 aliphatic heterocycles. The number of benzene rings is 1. The molecule has 1 aliphatic rings. The number of ether oxygens (including phenoxy) is 1. The van der Waals surface area contributed by atoms with E-state index >= 15 is 0 Å². The molecule has 0 spiro atoms. The van der Waals surface area contributed by atoms with Crippen molar-refractivity contribution >= 4 is 32.8 Å². The predicted molar refractivity (Wildman–Crippen MR) is 118 cm³/mol. The van der Waals surface area contributed by atoms with Crippen LogP contribution >= 0.6 is 21.6 Å². The standard InChI is InChI=1S/C21H25N3O3S2/c1-4-23(5-2)14-15-24-19(25)16-10-6-7-11-17(16)21(24,27-20(26)29-28-3)18-12-8-9-13-22-18/h6-13H,4-5,14-15H2,1-3H3. The fraction of sp³-hybridized carbons (Fsp3) is 0.381. The lowest BCUT2D eigenvalue weighted by atomic mass is 9.97. The molecule has 0 saturated carbocycles. The van der Waals surface area contributed by atoms with Gasteiger partial charge in [0.15, 0.2) is 0 Å². The minimum Gasteiger partial charge on any atom is -0.419 e. The Hall–Kier alpha value is -2.03. The number of carbonyl (C=O) groups is 2. The van der Waals surface area contributed by atoms with Crippen molar-refractivity contribution in [1.29, 1.82) is 0 Å². The number of amides is 1. The third-order valence-electron chi connectivity index (χ3n) is 5.08. The summed E-state index contributed by atoms with van der Waals surface area (Å²) in [7, 11) is 2.31. The van der Waals surface area contributed by atoms with Gasteiger partial charge in [-0.3, -0.25) is 14.7 Å². The first-order valence-electron chi connectivity index (χ1n) is 9.57. The molecule has 1 aromatic carbocycles. The van der Waals surface area contributed by atoms with Gasteiger partial charge in [0.2, 0.25) is 0 Å². The lowest BCUT2D eigenvalue weighted by Crippen LogP contribution is -2.50. The molecule has 0 radical (unpaired) electrons. The van der Waals surface area contributed by atoms with Crippen LogP contribution in [-0.2, 0) is 10.5 Å². The Bertz CT molecular complexity index is 861. The molecule has 0 bridgehead atoms. The van der Waals surface area contributed by atoms with Gasteiger partial charge < -0.3 is 9.64 Å².